The first-order valence-electron chi connectivity index (χ1n) is 17.0. The van der Waals surface area contributed by atoms with Gasteiger partial charge in [0.25, 0.3) is 0 Å². The van der Waals surface area contributed by atoms with Crippen LogP contribution >= 0.6 is 0 Å². The van der Waals surface area contributed by atoms with Crippen LogP contribution in [0.4, 0.5) is 11.4 Å². The van der Waals surface area contributed by atoms with E-state index in [4.69, 9.17) is 15.0 Å². The number of rotatable bonds is 5. The number of nitrogens with zero attached hydrogens (tertiary/aromatic N) is 5. The SMILES string of the molecule is C1=CC2c3ccc4c5ccccc5n(-c5nc(-c6ccccc6)nc(-c6ccc(-c7ccccc7)cc6)n5)c4c3N(c3ccccc3)C2C=C1. The monoisotopic (exact) mass is 641 g/mol. The first kappa shape index (κ1) is 28.4. The zero-order valence-electron chi connectivity index (χ0n) is 27.1. The summed E-state index contributed by atoms with van der Waals surface area (Å²) in [7, 11) is 0. The smallest absolute Gasteiger partial charge is 0.238 e. The van der Waals surface area contributed by atoms with Gasteiger partial charge in [-0.25, -0.2) is 4.98 Å². The maximum atomic E-state index is 5.28. The predicted octanol–water partition coefficient (Wildman–Crippen LogP) is 10.7. The van der Waals surface area contributed by atoms with Crippen molar-refractivity contribution in [2.24, 2.45) is 0 Å². The number of hydrogen-bond donors (Lipinski definition) is 0. The van der Waals surface area contributed by atoms with Crippen LogP contribution in [0.2, 0.25) is 0 Å². The third-order valence-corrected chi connectivity index (χ3v) is 9.99. The van der Waals surface area contributed by atoms with Crippen LogP contribution in [0.25, 0.3) is 61.7 Å². The summed E-state index contributed by atoms with van der Waals surface area (Å²) in [5, 5.41) is 2.33. The van der Waals surface area contributed by atoms with Gasteiger partial charge in [-0.3, -0.25) is 4.57 Å². The second-order valence-electron chi connectivity index (χ2n) is 12.8. The van der Waals surface area contributed by atoms with Gasteiger partial charge >= 0.3 is 0 Å². The highest BCUT2D eigenvalue weighted by Crippen LogP contribution is 2.52. The maximum absolute atomic E-state index is 5.28. The molecule has 6 aromatic carbocycles. The normalized spacial score (nSPS) is 16.2. The first-order chi connectivity index (χ1) is 24.8. The van der Waals surface area contributed by atoms with Crippen molar-refractivity contribution < 1.29 is 0 Å². The highest BCUT2D eigenvalue weighted by atomic mass is 15.2. The Morgan fingerprint density at radius 1 is 0.460 bits per heavy atom. The fourth-order valence-corrected chi connectivity index (χ4v) is 7.71. The number of hydrogen-bond acceptors (Lipinski definition) is 4. The number of fused-ring (bicyclic) bond motifs is 7. The fraction of sp³-hybridized carbons (Fsp3) is 0.0444. The van der Waals surface area contributed by atoms with E-state index in [-0.39, 0.29) is 12.0 Å². The van der Waals surface area contributed by atoms with E-state index in [0.717, 1.165) is 38.8 Å². The molecule has 2 atom stereocenters. The zero-order valence-corrected chi connectivity index (χ0v) is 27.1. The lowest BCUT2D eigenvalue weighted by Gasteiger charge is -2.29. The van der Waals surface area contributed by atoms with Crippen LogP contribution in [-0.2, 0) is 0 Å². The lowest BCUT2D eigenvalue weighted by molar-refractivity contribution is 0.745. The van der Waals surface area contributed by atoms with Gasteiger partial charge in [0.1, 0.15) is 0 Å². The molecule has 8 aromatic rings. The van der Waals surface area contributed by atoms with Gasteiger partial charge in [-0.1, -0.05) is 158 Å². The number of benzene rings is 6. The Morgan fingerprint density at radius 3 is 1.78 bits per heavy atom. The zero-order chi connectivity index (χ0) is 33.0. The Hall–Kier alpha value is -6.59. The number of para-hydroxylation sites is 2. The van der Waals surface area contributed by atoms with Gasteiger partial charge in [-0.2, -0.15) is 9.97 Å². The molecule has 5 nitrogen and oxygen atoms in total. The molecule has 0 spiro atoms. The van der Waals surface area contributed by atoms with Crippen molar-refractivity contribution in [1.82, 2.24) is 19.5 Å². The van der Waals surface area contributed by atoms with E-state index < -0.39 is 0 Å². The predicted molar refractivity (Wildman–Crippen MR) is 204 cm³/mol. The average Bonchev–Trinajstić information content (AvgIpc) is 3.72. The molecular formula is C45H31N5. The van der Waals surface area contributed by atoms with Crippen LogP contribution in [0.15, 0.2) is 176 Å². The van der Waals surface area contributed by atoms with Crippen LogP contribution in [-0.4, -0.2) is 25.6 Å². The van der Waals surface area contributed by atoms with Crippen molar-refractivity contribution in [1.29, 1.82) is 0 Å². The Kier molecular flexibility index (Phi) is 6.56. The summed E-state index contributed by atoms with van der Waals surface area (Å²) in [5.74, 6) is 2.08. The molecule has 0 N–H and O–H groups in total. The molecule has 10 rings (SSSR count). The van der Waals surface area contributed by atoms with Crippen LogP contribution in [0.3, 0.4) is 0 Å². The minimum absolute atomic E-state index is 0.159. The van der Waals surface area contributed by atoms with Crippen molar-refractivity contribution in [3.8, 4) is 39.9 Å². The van der Waals surface area contributed by atoms with Crippen molar-refractivity contribution in [3.63, 3.8) is 0 Å². The highest BCUT2D eigenvalue weighted by molar-refractivity contribution is 6.15. The van der Waals surface area contributed by atoms with Crippen molar-refractivity contribution in [3.05, 3.63) is 182 Å². The van der Waals surface area contributed by atoms with Crippen LogP contribution in [0.1, 0.15) is 11.5 Å². The summed E-state index contributed by atoms with van der Waals surface area (Å²) in [6, 6.07) is 53.2. The summed E-state index contributed by atoms with van der Waals surface area (Å²) < 4.78 is 2.26. The molecular weight excluding hydrogens is 611 g/mol. The van der Waals surface area contributed by atoms with E-state index in [1.165, 1.54) is 22.2 Å². The standard InChI is InChI=1S/C45H31N5/c1-4-14-30(15-5-1)31-24-26-33(27-25-31)44-46-43(32-16-6-2-7-17-32)47-45(48-44)50-40-23-13-11-21-36(40)38-29-28-37-35-20-10-12-22-39(35)49(41(37)42(38)50)34-18-8-3-9-19-34/h1-29,35,39H. The van der Waals surface area contributed by atoms with E-state index >= 15 is 0 Å². The van der Waals surface area contributed by atoms with Crippen LogP contribution in [0.5, 0.6) is 0 Å². The highest BCUT2D eigenvalue weighted by Gasteiger charge is 2.40. The van der Waals surface area contributed by atoms with Gasteiger partial charge in [0.05, 0.1) is 22.8 Å². The van der Waals surface area contributed by atoms with E-state index in [0.29, 0.717) is 17.6 Å². The fourth-order valence-electron chi connectivity index (χ4n) is 7.71. The van der Waals surface area contributed by atoms with Gasteiger partial charge in [0.15, 0.2) is 11.6 Å². The van der Waals surface area contributed by atoms with Gasteiger partial charge in [0, 0.05) is 33.5 Å². The van der Waals surface area contributed by atoms with E-state index in [9.17, 15) is 0 Å². The third-order valence-electron chi connectivity index (χ3n) is 9.99. The lowest BCUT2D eigenvalue weighted by atomic mass is 9.91. The van der Waals surface area contributed by atoms with Crippen LogP contribution in [0, 0.1) is 0 Å². The Morgan fingerprint density at radius 2 is 1.04 bits per heavy atom. The molecule has 0 saturated carbocycles. The van der Waals surface area contributed by atoms with Gasteiger partial charge in [0.2, 0.25) is 5.95 Å². The van der Waals surface area contributed by atoms with E-state index in [1.54, 1.807) is 0 Å². The minimum Gasteiger partial charge on any atom is -0.332 e. The summed E-state index contributed by atoms with van der Waals surface area (Å²) in [6.45, 7) is 0. The minimum atomic E-state index is 0.159. The molecule has 0 fully saturated rings. The van der Waals surface area contributed by atoms with Gasteiger partial charge < -0.3 is 4.90 Å². The largest absolute Gasteiger partial charge is 0.332 e. The van der Waals surface area contributed by atoms with E-state index in [1.807, 2.05) is 24.3 Å². The molecule has 0 bridgehead atoms. The molecule has 0 saturated heterocycles. The molecule has 2 aliphatic rings. The summed E-state index contributed by atoms with van der Waals surface area (Å²) in [5.41, 5.74) is 9.99. The number of anilines is 2. The Balaban J connectivity index is 1.25. The summed E-state index contributed by atoms with van der Waals surface area (Å²) in [6.07, 6.45) is 9.00. The molecule has 2 unspecified atom stereocenters. The molecule has 50 heavy (non-hydrogen) atoms. The van der Waals surface area contributed by atoms with Crippen molar-refractivity contribution >= 4 is 33.2 Å². The molecule has 2 aromatic heterocycles. The summed E-state index contributed by atoms with van der Waals surface area (Å²) in [4.78, 5) is 18.1. The molecule has 1 aliphatic heterocycles. The molecule has 236 valence electrons. The second kappa shape index (κ2) is 11.5. The second-order valence-corrected chi connectivity index (χ2v) is 12.8. The topological polar surface area (TPSA) is 46.8 Å². The molecule has 5 heteroatoms. The van der Waals surface area contributed by atoms with E-state index in [2.05, 4.69) is 161 Å². The molecule has 0 radical (unpaired) electrons. The average molecular weight is 642 g/mol. The maximum Gasteiger partial charge on any atom is 0.238 e. The van der Waals surface area contributed by atoms with Crippen LogP contribution < -0.4 is 4.90 Å². The Bertz CT molecular complexity index is 2590. The Labute approximate surface area is 290 Å². The molecule has 0 amide bonds. The lowest BCUT2D eigenvalue weighted by Crippen LogP contribution is -2.28. The summed E-state index contributed by atoms with van der Waals surface area (Å²) >= 11 is 0. The number of aromatic nitrogens is 4. The van der Waals surface area contributed by atoms with Crippen molar-refractivity contribution in [2.75, 3.05) is 4.90 Å². The van der Waals surface area contributed by atoms with Crippen molar-refractivity contribution in [2.45, 2.75) is 12.0 Å². The van der Waals surface area contributed by atoms with Gasteiger partial charge in [-0.15, -0.1) is 0 Å². The van der Waals surface area contributed by atoms with Gasteiger partial charge in [-0.05, 0) is 34.9 Å². The molecule has 3 heterocycles. The first-order valence-corrected chi connectivity index (χ1v) is 17.0. The number of allylic oxidation sites excluding steroid dienone is 2. The molecule has 1 aliphatic carbocycles. The quantitative estimate of drug-likeness (QED) is 0.188. The third kappa shape index (κ3) is 4.51.